The van der Waals surface area contributed by atoms with Crippen molar-refractivity contribution in [3.05, 3.63) is 52.4 Å². The van der Waals surface area contributed by atoms with E-state index in [0.29, 0.717) is 24.0 Å². The Bertz CT molecular complexity index is 970. The van der Waals surface area contributed by atoms with Gasteiger partial charge in [0.15, 0.2) is 0 Å². The van der Waals surface area contributed by atoms with Gasteiger partial charge in [0, 0.05) is 23.4 Å². The molecule has 1 aromatic carbocycles. The maximum Gasteiger partial charge on any atom is 0.336 e. The van der Waals surface area contributed by atoms with Crippen LogP contribution in [-0.2, 0) is 0 Å². The maximum atomic E-state index is 11.5. The van der Waals surface area contributed by atoms with Gasteiger partial charge in [-0.1, -0.05) is 32.4 Å². The van der Waals surface area contributed by atoms with Gasteiger partial charge in [0.05, 0.1) is 12.7 Å². The first-order valence-corrected chi connectivity index (χ1v) is 10.2. The van der Waals surface area contributed by atoms with Crippen LogP contribution in [0.25, 0.3) is 11.0 Å². The number of hydrogen-bond acceptors (Lipinski definition) is 4. The summed E-state index contributed by atoms with van der Waals surface area (Å²) >= 11 is 0. The molecule has 0 aliphatic heterocycles. The highest BCUT2D eigenvalue weighted by Gasteiger charge is 2.55. The van der Waals surface area contributed by atoms with Crippen molar-refractivity contribution in [2.24, 2.45) is 22.7 Å². The highest BCUT2D eigenvalue weighted by atomic mass is 16.5. The van der Waals surface area contributed by atoms with Gasteiger partial charge in [-0.25, -0.2) is 4.79 Å². The van der Waals surface area contributed by atoms with E-state index < -0.39 is 0 Å². The van der Waals surface area contributed by atoms with E-state index in [1.807, 2.05) is 12.1 Å². The number of hydrogen-bond donors (Lipinski definition) is 1. The molecule has 0 spiro atoms. The molecule has 4 heteroatoms. The van der Waals surface area contributed by atoms with Crippen LogP contribution in [-0.4, -0.2) is 17.8 Å². The van der Waals surface area contributed by atoms with Crippen molar-refractivity contribution < 1.29 is 14.3 Å². The predicted octanol–water partition coefficient (Wildman–Crippen LogP) is 4.94. The van der Waals surface area contributed by atoms with Gasteiger partial charge in [-0.3, -0.25) is 0 Å². The molecule has 0 radical (unpaired) electrons. The third kappa shape index (κ3) is 3.08. The summed E-state index contributed by atoms with van der Waals surface area (Å²) in [5.74, 6) is 1.45. The van der Waals surface area contributed by atoms with Crippen molar-refractivity contribution in [1.29, 1.82) is 0 Å². The van der Waals surface area contributed by atoms with Crippen LogP contribution in [0.5, 0.6) is 5.75 Å². The van der Waals surface area contributed by atoms with Gasteiger partial charge < -0.3 is 14.3 Å². The summed E-state index contributed by atoms with van der Waals surface area (Å²) in [5, 5.41) is 11.5. The maximum absolute atomic E-state index is 11.5. The molecule has 0 unspecified atom stereocenters. The molecule has 1 N–H and O–H groups in total. The molecule has 0 bridgehead atoms. The van der Waals surface area contributed by atoms with Gasteiger partial charge in [-0.2, -0.15) is 0 Å². The first-order valence-electron chi connectivity index (χ1n) is 10.2. The molecule has 2 aliphatic rings. The Morgan fingerprint density at radius 2 is 1.96 bits per heavy atom. The fourth-order valence-corrected chi connectivity index (χ4v) is 5.66. The van der Waals surface area contributed by atoms with Crippen molar-refractivity contribution in [2.45, 2.75) is 53.1 Å². The molecule has 2 aliphatic carbocycles. The molecule has 4 atom stereocenters. The molecule has 0 amide bonds. The second-order valence-electron chi connectivity index (χ2n) is 9.44. The number of benzene rings is 1. The second-order valence-corrected chi connectivity index (χ2v) is 9.44. The van der Waals surface area contributed by atoms with Gasteiger partial charge in [0.25, 0.3) is 0 Å². The normalized spacial score (nSPS) is 31.9. The standard InChI is InChI=1S/C24H30O4/c1-15-5-9-20-23(2,3)21(25)11-12-24(20,4)18(15)14-27-17-8-6-16-7-10-22(26)28-19(16)13-17/h5-8,10,13,18,20-21,25H,9,11-12,14H2,1-4H3/t18-,20+,21+,24-/m0/s1. The lowest BCUT2D eigenvalue weighted by Crippen LogP contribution is -2.55. The van der Waals surface area contributed by atoms with Crippen molar-refractivity contribution in [2.75, 3.05) is 6.61 Å². The molecule has 1 fully saturated rings. The van der Waals surface area contributed by atoms with Crippen LogP contribution in [0, 0.1) is 22.7 Å². The summed E-state index contributed by atoms with van der Waals surface area (Å²) in [5.41, 5.74) is 1.57. The molecule has 1 saturated carbocycles. The van der Waals surface area contributed by atoms with Crippen LogP contribution in [0.4, 0.5) is 0 Å². The van der Waals surface area contributed by atoms with E-state index >= 15 is 0 Å². The van der Waals surface area contributed by atoms with Crippen molar-refractivity contribution in [1.82, 2.24) is 0 Å². The van der Waals surface area contributed by atoms with E-state index in [0.717, 1.165) is 30.4 Å². The minimum atomic E-state index is -0.353. The van der Waals surface area contributed by atoms with E-state index in [1.165, 1.54) is 11.6 Å². The minimum Gasteiger partial charge on any atom is -0.493 e. The van der Waals surface area contributed by atoms with E-state index in [1.54, 1.807) is 12.1 Å². The molecular weight excluding hydrogens is 352 g/mol. The minimum absolute atomic E-state index is 0.102. The van der Waals surface area contributed by atoms with Gasteiger partial charge in [-0.15, -0.1) is 0 Å². The zero-order chi connectivity index (χ0) is 20.1. The zero-order valence-electron chi connectivity index (χ0n) is 17.2. The SMILES string of the molecule is CC1=CC[C@@H]2C(C)(C)[C@H](O)CC[C@@]2(C)[C@H]1COc1ccc2ccc(=O)oc2c1. The number of fused-ring (bicyclic) bond motifs is 2. The molecule has 4 nitrogen and oxygen atoms in total. The lowest BCUT2D eigenvalue weighted by molar-refractivity contribution is -0.119. The number of rotatable bonds is 3. The number of aliphatic hydroxyl groups is 1. The highest BCUT2D eigenvalue weighted by Crippen LogP contribution is 2.59. The van der Waals surface area contributed by atoms with E-state index in [9.17, 15) is 9.90 Å². The first kappa shape index (κ1) is 19.3. The Balaban J connectivity index is 1.59. The van der Waals surface area contributed by atoms with Gasteiger partial charge in [-0.05, 0) is 61.1 Å². The van der Waals surface area contributed by atoms with Crippen LogP contribution in [0.1, 0.15) is 47.0 Å². The van der Waals surface area contributed by atoms with Crippen LogP contribution < -0.4 is 10.4 Å². The largest absolute Gasteiger partial charge is 0.493 e. The molecule has 0 saturated heterocycles. The van der Waals surface area contributed by atoms with Gasteiger partial charge >= 0.3 is 5.63 Å². The second kappa shape index (κ2) is 6.77. The molecule has 2 aromatic rings. The summed E-state index contributed by atoms with van der Waals surface area (Å²) in [6, 6.07) is 8.84. The predicted molar refractivity (Wildman–Crippen MR) is 110 cm³/mol. The summed E-state index contributed by atoms with van der Waals surface area (Å²) in [4.78, 5) is 11.5. The fourth-order valence-electron chi connectivity index (χ4n) is 5.66. The number of ether oxygens (including phenoxy) is 1. The van der Waals surface area contributed by atoms with E-state index in [2.05, 4.69) is 33.8 Å². The Kier molecular flexibility index (Phi) is 4.65. The Hall–Kier alpha value is -2.07. The quantitative estimate of drug-likeness (QED) is 0.603. The summed E-state index contributed by atoms with van der Waals surface area (Å²) in [6.45, 7) is 9.57. The van der Waals surface area contributed by atoms with Gasteiger partial charge in [0.2, 0.25) is 0 Å². The van der Waals surface area contributed by atoms with Gasteiger partial charge in [0.1, 0.15) is 11.3 Å². The Labute approximate surface area is 166 Å². The lowest BCUT2D eigenvalue weighted by atomic mass is 9.48. The molecular formula is C24H30O4. The zero-order valence-corrected chi connectivity index (χ0v) is 17.2. The van der Waals surface area contributed by atoms with Crippen LogP contribution in [0.2, 0.25) is 0 Å². The van der Waals surface area contributed by atoms with Crippen LogP contribution in [0.3, 0.4) is 0 Å². The monoisotopic (exact) mass is 382 g/mol. The number of aliphatic hydroxyl groups excluding tert-OH is 1. The molecule has 4 rings (SSSR count). The third-order valence-electron chi connectivity index (χ3n) is 7.54. The van der Waals surface area contributed by atoms with Crippen LogP contribution in [0.15, 0.2) is 51.2 Å². The molecule has 1 aromatic heterocycles. The highest BCUT2D eigenvalue weighted by molar-refractivity contribution is 5.77. The summed E-state index contributed by atoms with van der Waals surface area (Å²) < 4.78 is 11.5. The Morgan fingerprint density at radius 3 is 2.75 bits per heavy atom. The van der Waals surface area contributed by atoms with E-state index in [4.69, 9.17) is 9.15 Å². The fraction of sp³-hybridized carbons (Fsp3) is 0.542. The topological polar surface area (TPSA) is 59.7 Å². The van der Waals surface area contributed by atoms with Crippen LogP contribution >= 0.6 is 0 Å². The molecule has 1 heterocycles. The Morgan fingerprint density at radius 1 is 1.21 bits per heavy atom. The average Bonchev–Trinajstić information content (AvgIpc) is 2.64. The van der Waals surface area contributed by atoms with Crippen molar-refractivity contribution >= 4 is 11.0 Å². The van der Waals surface area contributed by atoms with Crippen molar-refractivity contribution in [3.8, 4) is 5.75 Å². The van der Waals surface area contributed by atoms with E-state index in [-0.39, 0.29) is 22.6 Å². The average molecular weight is 383 g/mol. The number of allylic oxidation sites excluding steroid dienone is 1. The first-order chi connectivity index (χ1) is 13.2. The smallest absolute Gasteiger partial charge is 0.336 e. The molecule has 150 valence electrons. The summed E-state index contributed by atoms with van der Waals surface area (Å²) in [6.07, 6.45) is 4.95. The molecule has 28 heavy (non-hydrogen) atoms. The summed E-state index contributed by atoms with van der Waals surface area (Å²) in [7, 11) is 0. The third-order valence-corrected chi connectivity index (χ3v) is 7.54. The van der Waals surface area contributed by atoms with Crippen molar-refractivity contribution in [3.63, 3.8) is 0 Å². The lowest BCUT2D eigenvalue weighted by Gasteiger charge is -2.58.